The Morgan fingerprint density at radius 1 is 1.19 bits per heavy atom. The van der Waals surface area contributed by atoms with Crippen molar-refractivity contribution in [2.45, 2.75) is 37.8 Å². The molecule has 2 aromatic rings. The standard InChI is InChI=1S/C16H21N3O2/c1-17(2)13-5-7-14(8-6-13)18-10-9-12-3-4-15(19(20)21)11-16(12)18/h3-4,9-11,13-14H,5-8H2,1-2H3/t13-,14+. The van der Waals surface area contributed by atoms with Gasteiger partial charge in [0.2, 0.25) is 0 Å². The molecule has 1 fully saturated rings. The maximum Gasteiger partial charge on any atom is 0.271 e. The number of fused-ring (bicyclic) bond motifs is 1. The lowest BCUT2D eigenvalue weighted by atomic mass is 9.90. The zero-order chi connectivity index (χ0) is 15.0. The van der Waals surface area contributed by atoms with Gasteiger partial charge in [-0.15, -0.1) is 0 Å². The summed E-state index contributed by atoms with van der Waals surface area (Å²) in [6.45, 7) is 0. The third kappa shape index (κ3) is 2.65. The topological polar surface area (TPSA) is 51.3 Å². The van der Waals surface area contributed by atoms with Crippen LogP contribution in [0.2, 0.25) is 0 Å². The Hall–Kier alpha value is -1.88. The van der Waals surface area contributed by atoms with E-state index in [4.69, 9.17) is 0 Å². The second-order valence-corrected chi connectivity index (χ2v) is 6.15. The number of nitrogens with zero attached hydrogens (tertiary/aromatic N) is 3. The van der Waals surface area contributed by atoms with Crippen molar-refractivity contribution in [3.05, 3.63) is 40.6 Å². The first-order valence-corrected chi connectivity index (χ1v) is 7.47. The lowest BCUT2D eigenvalue weighted by Crippen LogP contribution is -2.32. The summed E-state index contributed by atoms with van der Waals surface area (Å²) in [6.07, 6.45) is 6.72. The van der Waals surface area contributed by atoms with Gasteiger partial charge in [0.25, 0.3) is 5.69 Å². The summed E-state index contributed by atoms with van der Waals surface area (Å²) in [5.41, 5.74) is 1.15. The molecule has 1 aliphatic rings. The first-order chi connectivity index (χ1) is 10.1. The quantitative estimate of drug-likeness (QED) is 0.640. The molecule has 112 valence electrons. The van der Waals surface area contributed by atoms with Crippen LogP contribution in [0.4, 0.5) is 5.69 Å². The van der Waals surface area contributed by atoms with Gasteiger partial charge in [0.15, 0.2) is 0 Å². The molecular weight excluding hydrogens is 266 g/mol. The van der Waals surface area contributed by atoms with Crippen molar-refractivity contribution in [3.8, 4) is 0 Å². The van der Waals surface area contributed by atoms with Crippen molar-refractivity contribution in [1.29, 1.82) is 0 Å². The van der Waals surface area contributed by atoms with E-state index in [1.165, 1.54) is 12.8 Å². The largest absolute Gasteiger partial charge is 0.344 e. The number of aromatic nitrogens is 1. The number of hydrogen-bond donors (Lipinski definition) is 0. The molecule has 1 heterocycles. The Morgan fingerprint density at radius 2 is 1.90 bits per heavy atom. The Labute approximate surface area is 124 Å². The van der Waals surface area contributed by atoms with Gasteiger partial charge in [-0.3, -0.25) is 10.1 Å². The molecule has 5 heteroatoms. The van der Waals surface area contributed by atoms with Crippen molar-refractivity contribution < 1.29 is 4.92 Å². The van der Waals surface area contributed by atoms with Gasteiger partial charge >= 0.3 is 0 Å². The molecule has 1 saturated carbocycles. The van der Waals surface area contributed by atoms with Crippen molar-refractivity contribution in [2.75, 3.05) is 14.1 Å². The summed E-state index contributed by atoms with van der Waals surface area (Å²) in [4.78, 5) is 12.9. The summed E-state index contributed by atoms with van der Waals surface area (Å²) in [7, 11) is 4.28. The summed E-state index contributed by atoms with van der Waals surface area (Å²) in [5, 5.41) is 12.0. The Kier molecular flexibility index (Phi) is 3.68. The molecule has 21 heavy (non-hydrogen) atoms. The van der Waals surface area contributed by atoms with Crippen LogP contribution in [0, 0.1) is 10.1 Å². The fraction of sp³-hybridized carbons (Fsp3) is 0.500. The third-order valence-electron chi connectivity index (χ3n) is 4.71. The summed E-state index contributed by atoms with van der Waals surface area (Å²) in [5.74, 6) is 0. The van der Waals surface area contributed by atoms with Gasteiger partial charge in [0, 0.05) is 35.8 Å². The van der Waals surface area contributed by atoms with E-state index in [0.29, 0.717) is 12.1 Å². The number of nitro benzene ring substituents is 1. The minimum Gasteiger partial charge on any atom is -0.344 e. The first kappa shape index (κ1) is 14.1. The lowest BCUT2D eigenvalue weighted by Gasteiger charge is -2.33. The number of non-ortho nitro benzene ring substituents is 1. The summed E-state index contributed by atoms with van der Waals surface area (Å²) < 4.78 is 2.23. The highest BCUT2D eigenvalue weighted by Gasteiger charge is 2.24. The van der Waals surface area contributed by atoms with Gasteiger partial charge in [0.05, 0.1) is 10.4 Å². The van der Waals surface area contributed by atoms with E-state index in [9.17, 15) is 10.1 Å². The lowest BCUT2D eigenvalue weighted by molar-refractivity contribution is -0.384. The number of hydrogen-bond acceptors (Lipinski definition) is 3. The van der Waals surface area contributed by atoms with Crippen LogP contribution >= 0.6 is 0 Å². The summed E-state index contributed by atoms with van der Waals surface area (Å²) in [6, 6.07) is 8.30. The average Bonchev–Trinajstić information content (AvgIpc) is 2.90. The van der Waals surface area contributed by atoms with Gasteiger partial charge in [0.1, 0.15) is 0 Å². The first-order valence-electron chi connectivity index (χ1n) is 7.47. The van der Waals surface area contributed by atoms with E-state index in [2.05, 4.69) is 35.8 Å². The number of nitro groups is 1. The molecule has 5 nitrogen and oxygen atoms in total. The van der Waals surface area contributed by atoms with E-state index >= 15 is 0 Å². The van der Waals surface area contributed by atoms with Crippen molar-refractivity contribution in [2.24, 2.45) is 0 Å². The molecule has 0 spiro atoms. The fourth-order valence-electron chi connectivity index (χ4n) is 3.42. The third-order valence-corrected chi connectivity index (χ3v) is 4.71. The van der Waals surface area contributed by atoms with E-state index in [1.807, 2.05) is 6.07 Å². The average molecular weight is 287 g/mol. The minimum atomic E-state index is -0.320. The molecule has 0 radical (unpaired) electrons. The van der Waals surface area contributed by atoms with Crippen LogP contribution in [-0.2, 0) is 0 Å². The molecule has 0 unspecified atom stereocenters. The smallest absolute Gasteiger partial charge is 0.271 e. The van der Waals surface area contributed by atoms with Crippen molar-refractivity contribution in [3.63, 3.8) is 0 Å². The zero-order valence-electron chi connectivity index (χ0n) is 12.5. The molecule has 0 atom stereocenters. The zero-order valence-corrected chi connectivity index (χ0v) is 12.5. The van der Waals surface area contributed by atoms with Gasteiger partial charge in [-0.05, 0) is 51.9 Å². The molecule has 1 aromatic carbocycles. The van der Waals surface area contributed by atoms with Crippen LogP contribution < -0.4 is 0 Å². The Morgan fingerprint density at radius 3 is 2.52 bits per heavy atom. The van der Waals surface area contributed by atoms with Crippen molar-refractivity contribution in [1.82, 2.24) is 9.47 Å². The second-order valence-electron chi connectivity index (χ2n) is 6.15. The van der Waals surface area contributed by atoms with E-state index in [0.717, 1.165) is 23.7 Å². The highest BCUT2D eigenvalue weighted by Crippen LogP contribution is 2.34. The number of benzene rings is 1. The maximum absolute atomic E-state index is 11.0. The minimum absolute atomic E-state index is 0.171. The molecule has 0 aliphatic heterocycles. The molecule has 3 rings (SSSR count). The second kappa shape index (κ2) is 5.48. The predicted molar refractivity (Wildman–Crippen MR) is 83.6 cm³/mol. The molecular formula is C16H21N3O2. The number of rotatable bonds is 3. The summed E-state index contributed by atoms with van der Waals surface area (Å²) >= 11 is 0. The van der Waals surface area contributed by atoms with Gasteiger partial charge in [-0.25, -0.2) is 0 Å². The molecule has 0 N–H and O–H groups in total. The van der Waals surface area contributed by atoms with Gasteiger partial charge in [-0.2, -0.15) is 0 Å². The van der Waals surface area contributed by atoms with Crippen molar-refractivity contribution >= 4 is 16.6 Å². The predicted octanol–water partition coefficient (Wildman–Crippen LogP) is 3.59. The van der Waals surface area contributed by atoms with E-state index < -0.39 is 0 Å². The van der Waals surface area contributed by atoms with Crippen LogP contribution in [0.1, 0.15) is 31.7 Å². The van der Waals surface area contributed by atoms with E-state index in [-0.39, 0.29) is 10.6 Å². The molecule has 1 aromatic heterocycles. The monoisotopic (exact) mass is 287 g/mol. The SMILES string of the molecule is CN(C)[C@H]1CC[C@@H](n2ccc3ccc([N+](=O)[O-])cc32)CC1. The van der Waals surface area contributed by atoms with Crippen LogP contribution in [-0.4, -0.2) is 34.5 Å². The molecule has 0 bridgehead atoms. The fourth-order valence-corrected chi connectivity index (χ4v) is 3.42. The van der Waals surface area contributed by atoms with Crippen LogP contribution in [0.15, 0.2) is 30.5 Å². The van der Waals surface area contributed by atoms with Crippen LogP contribution in [0.3, 0.4) is 0 Å². The maximum atomic E-state index is 11.0. The molecule has 0 saturated heterocycles. The Bertz CT molecular complexity index is 655. The Balaban J connectivity index is 1.87. The van der Waals surface area contributed by atoms with Crippen LogP contribution in [0.5, 0.6) is 0 Å². The normalized spacial score (nSPS) is 22.8. The van der Waals surface area contributed by atoms with Gasteiger partial charge in [-0.1, -0.05) is 0 Å². The molecule has 1 aliphatic carbocycles. The van der Waals surface area contributed by atoms with Crippen LogP contribution in [0.25, 0.3) is 10.9 Å². The highest BCUT2D eigenvalue weighted by molar-refractivity contribution is 5.82. The highest BCUT2D eigenvalue weighted by atomic mass is 16.6. The van der Waals surface area contributed by atoms with E-state index in [1.54, 1.807) is 12.1 Å². The molecule has 0 amide bonds. The van der Waals surface area contributed by atoms with Gasteiger partial charge < -0.3 is 9.47 Å².